The number of primary amides is 1. The third-order valence-electron chi connectivity index (χ3n) is 6.29. The average Bonchev–Trinajstić information content (AvgIpc) is 3.72. The van der Waals surface area contributed by atoms with Crippen LogP contribution < -0.4 is 16.4 Å². The molecule has 0 bridgehead atoms. The Balaban J connectivity index is 1.39. The number of pyridine rings is 2. The van der Waals surface area contributed by atoms with Gasteiger partial charge in [-0.2, -0.15) is 0 Å². The van der Waals surface area contributed by atoms with Crippen molar-refractivity contribution in [2.75, 3.05) is 10.6 Å². The van der Waals surface area contributed by atoms with E-state index in [2.05, 4.69) is 35.3 Å². The number of amides is 2. The Morgan fingerprint density at radius 2 is 1.73 bits per heavy atom. The van der Waals surface area contributed by atoms with Crippen molar-refractivity contribution in [1.29, 1.82) is 0 Å². The highest BCUT2D eigenvalue weighted by molar-refractivity contribution is 6.11. The quantitative estimate of drug-likeness (QED) is 0.204. The fourth-order valence-corrected chi connectivity index (χ4v) is 4.25. The van der Waals surface area contributed by atoms with Gasteiger partial charge in [-0.3, -0.25) is 4.79 Å². The number of imidazole rings is 1. The maximum atomic E-state index is 13.7. The first-order valence-electron chi connectivity index (χ1n) is 12.4. The summed E-state index contributed by atoms with van der Waals surface area (Å²) in [5, 5.41) is 5.88. The number of fused-ring (bicyclic) bond motifs is 1. The second kappa shape index (κ2) is 10.3. The van der Waals surface area contributed by atoms with Crippen LogP contribution in [0.2, 0.25) is 0 Å². The molecule has 4 N–H and O–H groups in total. The van der Waals surface area contributed by atoms with Gasteiger partial charge in [0, 0.05) is 35.6 Å². The third-order valence-corrected chi connectivity index (χ3v) is 6.29. The van der Waals surface area contributed by atoms with Crippen LogP contribution in [0.4, 0.5) is 21.9 Å². The second-order valence-electron chi connectivity index (χ2n) is 9.18. The highest BCUT2D eigenvalue weighted by Gasteiger charge is 2.28. The van der Waals surface area contributed by atoms with E-state index >= 15 is 0 Å². The van der Waals surface area contributed by atoms with Crippen molar-refractivity contribution in [3.05, 3.63) is 96.6 Å². The van der Waals surface area contributed by atoms with Gasteiger partial charge < -0.3 is 25.5 Å². The van der Waals surface area contributed by atoms with Gasteiger partial charge in [-0.1, -0.05) is 30.3 Å². The van der Waals surface area contributed by atoms with Gasteiger partial charge in [0.2, 0.25) is 0 Å². The summed E-state index contributed by atoms with van der Waals surface area (Å²) in [6.45, 7) is 0. The summed E-state index contributed by atoms with van der Waals surface area (Å²) in [6, 6.07) is 14.6. The summed E-state index contributed by atoms with van der Waals surface area (Å²) in [5.41, 5.74) is 8.91. The van der Waals surface area contributed by atoms with E-state index in [1.165, 1.54) is 18.6 Å². The Morgan fingerprint density at radius 1 is 0.950 bits per heavy atom. The number of esters is 1. The maximum absolute atomic E-state index is 13.7. The van der Waals surface area contributed by atoms with Crippen molar-refractivity contribution in [3.63, 3.8) is 0 Å². The van der Waals surface area contributed by atoms with Crippen molar-refractivity contribution in [1.82, 2.24) is 24.3 Å². The van der Waals surface area contributed by atoms with Crippen LogP contribution in [0.25, 0.3) is 16.9 Å². The molecule has 1 aliphatic rings. The van der Waals surface area contributed by atoms with Crippen LogP contribution in [0.3, 0.4) is 0 Å². The summed E-state index contributed by atoms with van der Waals surface area (Å²) >= 11 is 0. The standard InChI is InChI=1S/C28H22N8O4/c29-28(39)40-27(38)19-13-36-14-23(16-4-2-1-3-5-16)33-24(36)10-22(19)35-26(37)25-21(32-18-11-30-15-31-12-18)9-8-20(34-25)17-6-7-17/h1-5,8-15,17,32H,6-7H2,(H2,29,39)(H,35,37). The molecule has 0 saturated heterocycles. The molecule has 1 fully saturated rings. The molecule has 12 nitrogen and oxygen atoms in total. The Bertz CT molecular complexity index is 1750. The van der Waals surface area contributed by atoms with Crippen LogP contribution in [0.5, 0.6) is 0 Å². The minimum atomic E-state index is -1.27. The molecule has 198 valence electrons. The van der Waals surface area contributed by atoms with E-state index in [0.29, 0.717) is 28.6 Å². The third kappa shape index (κ3) is 5.18. The molecule has 0 aliphatic heterocycles. The lowest BCUT2D eigenvalue weighted by molar-refractivity contribution is 0.0639. The van der Waals surface area contributed by atoms with Gasteiger partial charge in [0.25, 0.3) is 5.91 Å². The number of rotatable bonds is 7. The number of nitrogens with zero attached hydrogens (tertiary/aromatic N) is 5. The van der Waals surface area contributed by atoms with Crippen molar-refractivity contribution in [3.8, 4) is 11.3 Å². The minimum absolute atomic E-state index is 0.0709. The molecule has 40 heavy (non-hydrogen) atoms. The number of anilines is 3. The first-order chi connectivity index (χ1) is 19.4. The zero-order chi connectivity index (χ0) is 27.6. The van der Waals surface area contributed by atoms with E-state index in [-0.39, 0.29) is 16.9 Å². The fourth-order valence-electron chi connectivity index (χ4n) is 4.25. The highest BCUT2D eigenvalue weighted by Crippen LogP contribution is 2.40. The number of ether oxygens (including phenoxy) is 1. The monoisotopic (exact) mass is 534 g/mol. The smallest absolute Gasteiger partial charge is 0.373 e. The number of aromatic nitrogens is 5. The van der Waals surface area contributed by atoms with Crippen LogP contribution >= 0.6 is 0 Å². The molecule has 4 aromatic heterocycles. The fraction of sp³-hybridized carbons (Fsp3) is 0.107. The topological polar surface area (TPSA) is 166 Å². The van der Waals surface area contributed by atoms with Crippen LogP contribution in [-0.4, -0.2) is 42.3 Å². The number of nitrogens with one attached hydrogen (secondary N) is 2. The number of hydrogen-bond acceptors (Lipinski definition) is 9. The molecule has 4 heterocycles. The Kier molecular flexibility index (Phi) is 6.32. The van der Waals surface area contributed by atoms with Gasteiger partial charge in [0.15, 0.2) is 5.69 Å². The molecule has 1 aromatic carbocycles. The number of carbonyl (C=O) groups is 3. The number of hydrogen-bond donors (Lipinski definition) is 3. The number of benzene rings is 1. The lowest BCUT2D eigenvalue weighted by atomic mass is 10.1. The number of carbonyl (C=O) groups excluding carboxylic acids is 3. The van der Waals surface area contributed by atoms with E-state index in [1.54, 1.807) is 29.1 Å². The van der Waals surface area contributed by atoms with E-state index in [4.69, 9.17) is 5.73 Å². The van der Waals surface area contributed by atoms with E-state index in [0.717, 1.165) is 24.1 Å². The van der Waals surface area contributed by atoms with E-state index < -0.39 is 18.0 Å². The normalized spacial score (nSPS) is 12.6. The number of nitrogens with two attached hydrogens (primary N) is 1. The zero-order valence-corrected chi connectivity index (χ0v) is 20.9. The van der Waals surface area contributed by atoms with Crippen molar-refractivity contribution < 1.29 is 19.1 Å². The minimum Gasteiger partial charge on any atom is -0.373 e. The van der Waals surface area contributed by atoms with Crippen molar-refractivity contribution >= 4 is 40.7 Å². The van der Waals surface area contributed by atoms with Crippen LogP contribution in [-0.2, 0) is 4.74 Å². The molecule has 1 saturated carbocycles. The van der Waals surface area contributed by atoms with E-state index in [1.807, 2.05) is 36.4 Å². The summed E-state index contributed by atoms with van der Waals surface area (Å²) in [7, 11) is 0. The van der Waals surface area contributed by atoms with Crippen molar-refractivity contribution in [2.24, 2.45) is 5.73 Å². The van der Waals surface area contributed by atoms with Gasteiger partial charge in [-0.25, -0.2) is 29.5 Å². The first kappa shape index (κ1) is 24.7. The summed E-state index contributed by atoms with van der Waals surface area (Å²) < 4.78 is 6.24. The van der Waals surface area contributed by atoms with Crippen LogP contribution in [0, 0.1) is 0 Å². The molecule has 6 rings (SSSR count). The van der Waals surface area contributed by atoms with Gasteiger partial charge in [0.05, 0.1) is 35.1 Å². The SMILES string of the molecule is NC(=O)OC(=O)c1cn2cc(-c3ccccc3)nc2cc1NC(=O)c1nc(C2CC2)ccc1Nc1cncnc1. The molecule has 5 aromatic rings. The predicted molar refractivity (Wildman–Crippen MR) is 145 cm³/mol. The molecule has 2 amide bonds. The lowest BCUT2D eigenvalue weighted by Gasteiger charge is -2.14. The molecule has 0 spiro atoms. The Labute approximate surface area is 227 Å². The molecule has 12 heteroatoms. The summed E-state index contributed by atoms with van der Waals surface area (Å²) in [4.78, 5) is 55.1. The van der Waals surface area contributed by atoms with E-state index in [9.17, 15) is 14.4 Å². The van der Waals surface area contributed by atoms with Crippen LogP contribution in [0.15, 0.2) is 79.6 Å². The Morgan fingerprint density at radius 3 is 2.45 bits per heavy atom. The maximum Gasteiger partial charge on any atom is 0.412 e. The van der Waals surface area contributed by atoms with Crippen molar-refractivity contribution in [2.45, 2.75) is 18.8 Å². The second-order valence-corrected chi connectivity index (χ2v) is 9.18. The largest absolute Gasteiger partial charge is 0.412 e. The summed E-state index contributed by atoms with van der Waals surface area (Å²) in [6.07, 6.45) is 8.40. The molecular weight excluding hydrogens is 512 g/mol. The average molecular weight is 535 g/mol. The Hall–Kier alpha value is -5.65. The van der Waals surface area contributed by atoms with Gasteiger partial charge in [0.1, 0.15) is 17.5 Å². The summed E-state index contributed by atoms with van der Waals surface area (Å²) in [5.74, 6) is -1.33. The predicted octanol–water partition coefficient (Wildman–Crippen LogP) is 4.30. The first-order valence-corrected chi connectivity index (χ1v) is 12.4. The molecule has 0 atom stereocenters. The molecule has 0 radical (unpaired) electrons. The molecule has 0 unspecified atom stereocenters. The van der Waals surface area contributed by atoms with Gasteiger partial charge in [-0.05, 0) is 25.0 Å². The lowest BCUT2D eigenvalue weighted by Crippen LogP contribution is -2.22. The van der Waals surface area contributed by atoms with Crippen LogP contribution in [0.1, 0.15) is 45.3 Å². The van der Waals surface area contributed by atoms with Gasteiger partial charge in [-0.15, -0.1) is 0 Å². The highest BCUT2D eigenvalue weighted by atomic mass is 16.6. The molecular formula is C28H22N8O4. The zero-order valence-electron chi connectivity index (χ0n) is 20.9. The van der Waals surface area contributed by atoms with Gasteiger partial charge >= 0.3 is 12.1 Å². The molecule has 1 aliphatic carbocycles.